The second kappa shape index (κ2) is 9.26. The molecule has 1 aliphatic carbocycles. The second-order valence-corrected chi connectivity index (χ2v) is 8.06. The van der Waals surface area contributed by atoms with Crippen molar-refractivity contribution < 1.29 is 13.9 Å². The van der Waals surface area contributed by atoms with E-state index in [1.54, 1.807) is 0 Å². The molecule has 0 atom stereocenters. The number of benzene rings is 3. The highest BCUT2D eigenvalue weighted by Gasteiger charge is 2.28. The molecular weight excluding hydrogens is 445 g/mol. The van der Waals surface area contributed by atoms with Gasteiger partial charge in [-0.15, -0.1) is 0 Å². The van der Waals surface area contributed by atoms with Crippen LogP contribution in [-0.2, 0) is 4.74 Å². The molecule has 1 aliphatic rings. The van der Waals surface area contributed by atoms with Crippen molar-refractivity contribution in [3.63, 3.8) is 0 Å². The van der Waals surface area contributed by atoms with Gasteiger partial charge >= 0.3 is 6.09 Å². The molecule has 1 amide bonds. The molecule has 4 rings (SSSR count). The Morgan fingerprint density at radius 1 is 1.03 bits per heavy atom. The average molecular weight is 466 g/mol. The third-order valence-corrected chi connectivity index (χ3v) is 5.58. The molecule has 5 heteroatoms. The van der Waals surface area contributed by atoms with E-state index in [4.69, 9.17) is 4.74 Å². The minimum Gasteiger partial charge on any atom is -0.449 e. The summed E-state index contributed by atoms with van der Waals surface area (Å²) in [5.74, 6) is -0.241. The number of fused-ring (bicyclic) bond motifs is 3. The fourth-order valence-corrected chi connectivity index (χ4v) is 4.28. The maximum atomic E-state index is 13.4. The third-order valence-electron chi connectivity index (χ3n) is 5.12. The van der Waals surface area contributed by atoms with Crippen LogP contribution in [0.5, 0.6) is 0 Å². The summed E-state index contributed by atoms with van der Waals surface area (Å²) in [5, 5.41) is 2.77. The van der Waals surface area contributed by atoms with Crippen LogP contribution in [0.1, 0.15) is 29.0 Å². The predicted octanol–water partition coefficient (Wildman–Crippen LogP) is 6.53. The van der Waals surface area contributed by atoms with Gasteiger partial charge in [-0.2, -0.15) is 0 Å². The Bertz CT molecular complexity index is 1030. The zero-order chi connectivity index (χ0) is 20.9. The molecule has 0 unspecified atom stereocenters. The Morgan fingerprint density at radius 2 is 1.70 bits per heavy atom. The van der Waals surface area contributed by atoms with Crippen LogP contribution < -0.4 is 5.32 Å². The molecule has 0 fully saturated rings. The molecule has 0 heterocycles. The number of carbonyl (C=O) groups excluding carboxylic acids is 1. The van der Waals surface area contributed by atoms with E-state index in [0.29, 0.717) is 24.0 Å². The Kier molecular flexibility index (Phi) is 6.29. The van der Waals surface area contributed by atoms with Gasteiger partial charge in [-0.1, -0.05) is 76.6 Å². The standard InChI is InChI=1S/C25H21BrFNO2/c26-18-13-17(14-19(27)15-18)7-5-6-12-28-25(29)30-16-24-22-10-3-1-8-20(22)21-9-2-4-11-23(21)24/h1-5,7-11,13-15,24H,6,12,16H2,(H,28,29). The van der Waals surface area contributed by atoms with Crippen LogP contribution in [0.2, 0.25) is 0 Å². The SMILES string of the molecule is O=C(NCCC=Cc1cc(F)cc(Br)c1)OCC1c2ccccc2-c2ccccc21. The zero-order valence-electron chi connectivity index (χ0n) is 16.3. The molecule has 0 spiro atoms. The van der Waals surface area contributed by atoms with E-state index in [0.717, 1.165) is 5.56 Å². The molecule has 0 radical (unpaired) electrons. The van der Waals surface area contributed by atoms with Gasteiger partial charge in [-0.05, 0) is 52.4 Å². The van der Waals surface area contributed by atoms with Gasteiger partial charge in [0.25, 0.3) is 0 Å². The second-order valence-electron chi connectivity index (χ2n) is 7.15. The first kappa shape index (κ1) is 20.4. The lowest BCUT2D eigenvalue weighted by Crippen LogP contribution is -2.26. The van der Waals surface area contributed by atoms with Crippen molar-refractivity contribution in [1.29, 1.82) is 0 Å². The van der Waals surface area contributed by atoms with Crippen molar-refractivity contribution in [3.8, 4) is 11.1 Å². The van der Waals surface area contributed by atoms with Crippen molar-refractivity contribution >= 4 is 28.1 Å². The number of ether oxygens (including phenoxy) is 1. The summed E-state index contributed by atoms with van der Waals surface area (Å²) < 4.78 is 19.6. The van der Waals surface area contributed by atoms with Crippen LogP contribution >= 0.6 is 15.9 Å². The Labute approximate surface area is 183 Å². The summed E-state index contributed by atoms with van der Waals surface area (Å²) in [6, 6.07) is 21.2. The monoisotopic (exact) mass is 465 g/mol. The van der Waals surface area contributed by atoms with Crippen molar-refractivity contribution in [2.24, 2.45) is 0 Å². The van der Waals surface area contributed by atoms with Gasteiger partial charge in [0.1, 0.15) is 12.4 Å². The summed E-state index contributed by atoms with van der Waals surface area (Å²) in [5.41, 5.74) is 5.56. The number of nitrogens with one attached hydrogen (secondary N) is 1. The highest BCUT2D eigenvalue weighted by Crippen LogP contribution is 2.44. The van der Waals surface area contributed by atoms with Gasteiger partial charge in [0.15, 0.2) is 0 Å². The molecule has 3 aromatic rings. The fourth-order valence-electron chi connectivity index (χ4n) is 3.80. The van der Waals surface area contributed by atoms with E-state index in [9.17, 15) is 9.18 Å². The van der Waals surface area contributed by atoms with Crippen molar-refractivity contribution in [2.45, 2.75) is 12.3 Å². The number of hydrogen-bond acceptors (Lipinski definition) is 2. The van der Waals surface area contributed by atoms with Crippen LogP contribution in [0.25, 0.3) is 17.2 Å². The summed E-state index contributed by atoms with van der Waals surface area (Å²) in [4.78, 5) is 12.1. The van der Waals surface area contributed by atoms with Crippen molar-refractivity contribution in [3.05, 3.63) is 99.8 Å². The first-order valence-corrected chi connectivity index (χ1v) is 10.6. The normalized spacial score (nSPS) is 12.6. The van der Waals surface area contributed by atoms with Gasteiger partial charge in [0.2, 0.25) is 0 Å². The Morgan fingerprint density at radius 3 is 2.37 bits per heavy atom. The van der Waals surface area contributed by atoms with E-state index in [1.807, 2.05) is 42.5 Å². The van der Waals surface area contributed by atoms with Gasteiger partial charge in [-0.3, -0.25) is 0 Å². The molecule has 3 nitrogen and oxygen atoms in total. The fraction of sp³-hybridized carbons (Fsp3) is 0.160. The highest BCUT2D eigenvalue weighted by molar-refractivity contribution is 9.10. The number of rotatable bonds is 6. The molecule has 152 valence electrons. The van der Waals surface area contributed by atoms with Crippen LogP contribution in [0, 0.1) is 5.82 Å². The number of alkyl carbamates (subject to hydrolysis) is 1. The molecule has 3 aromatic carbocycles. The van der Waals surface area contributed by atoms with Crippen LogP contribution in [0.3, 0.4) is 0 Å². The number of halogens is 2. The lowest BCUT2D eigenvalue weighted by atomic mass is 9.98. The van der Waals surface area contributed by atoms with Gasteiger partial charge < -0.3 is 10.1 Å². The molecule has 0 aromatic heterocycles. The quantitative estimate of drug-likeness (QED) is 0.420. The van der Waals surface area contributed by atoms with E-state index in [-0.39, 0.29) is 11.7 Å². The minimum absolute atomic E-state index is 0.0504. The smallest absolute Gasteiger partial charge is 0.407 e. The Hall–Kier alpha value is -2.92. The largest absolute Gasteiger partial charge is 0.449 e. The number of hydrogen-bond donors (Lipinski definition) is 1. The average Bonchev–Trinajstić information content (AvgIpc) is 3.05. The summed E-state index contributed by atoms with van der Waals surface area (Å²) in [6.07, 6.45) is 3.91. The summed E-state index contributed by atoms with van der Waals surface area (Å²) >= 11 is 3.27. The molecule has 0 saturated carbocycles. The molecule has 0 saturated heterocycles. The maximum Gasteiger partial charge on any atom is 0.407 e. The number of carbonyl (C=O) groups is 1. The summed E-state index contributed by atoms with van der Waals surface area (Å²) in [7, 11) is 0. The zero-order valence-corrected chi connectivity index (χ0v) is 17.9. The van der Waals surface area contributed by atoms with E-state index in [2.05, 4.69) is 45.5 Å². The molecule has 0 aliphatic heterocycles. The lowest BCUT2D eigenvalue weighted by molar-refractivity contribution is 0.143. The van der Waals surface area contributed by atoms with Crippen LogP contribution in [-0.4, -0.2) is 19.2 Å². The lowest BCUT2D eigenvalue weighted by Gasteiger charge is -2.14. The molecule has 1 N–H and O–H groups in total. The van der Waals surface area contributed by atoms with Gasteiger partial charge in [0.05, 0.1) is 0 Å². The van der Waals surface area contributed by atoms with Crippen LogP contribution in [0.4, 0.5) is 9.18 Å². The molecule has 0 bridgehead atoms. The van der Waals surface area contributed by atoms with Gasteiger partial charge in [0, 0.05) is 16.9 Å². The highest BCUT2D eigenvalue weighted by atomic mass is 79.9. The predicted molar refractivity (Wildman–Crippen MR) is 121 cm³/mol. The van der Waals surface area contributed by atoms with Crippen LogP contribution in [0.15, 0.2) is 77.3 Å². The van der Waals surface area contributed by atoms with E-state index in [1.165, 1.54) is 34.4 Å². The summed E-state index contributed by atoms with van der Waals surface area (Å²) in [6.45, 7) is 0.747. The molecular formula is C25H21BrFNO2. The van der Waals surface area contributed by atoms with Crippen molar-refractivity contribution in [2.75, 3.05) is 13.2 Å². The first-order chi connectivity index (χ1) is 14.6. The van der Waals surface area contributed by atoms with Crippen molar-refractivity contribution in [1.82, 2.24) is 5.32 Å². The molecule has 30 heavy (non-hydrogen) atoms. The van der Waals surface area contributed by atoms with E-state index >= 15 is 0 Å². The maximum absolute atomic E-state index is 13.4. The minimum atomic E-state index is -0.432. The Balaban J connectivity index is 1.28. The van der Waals surface area contributed by atoms with Gasteiger partial charge in [-0.25, -0.2) is 9.18 Å². The third kappa shape index (κ3) is 4.62. The number of amides is 1. The van der Waals surface area contributed by atoms with E-state index < -0.39 is 6.09 Å². The topological polar surface area (TPSA) is 38.3 Å². The first-order valence-electron chi connectivity index (χ1n) is 9.83.